The molecule has 7 fully saturated rings. The van der Waals surface area contributed by atoms with E-state index in [0.29, 0.717) is 19.3 Å². The van der Waals surface area contributed by atoms with Gasteiger partial charge >= 0.3 is 5.97 Å². The molecule has 280 valence electrons. The maximum Gasteiger partial charge on any atom is 0.303 e. The van der Waals surface area contributed by atoms with Gasteiger partial charge in [-0.3, -0.25) is 4.79 Å². The maximum absolute atomic E-state index is 12.3. The molecule has 11 nitrogen and oxygen atoms in total. The zero-order valence-electron chi connectivity index (χ0n) is 30.7. The molecule has 0 unspecified atom stereocenters. The van der Waals surface area contributed by atoms with Gasteiger partial charge in [0.1, 0.15) is 18.3 Å². The molecule has 0 amide bonds. The van der Waals surface area contributed by atoms with Crippen LogP contribution in [0, 0.1) is 44.8 Å². The largest absolute Gasteiger partial charge is 0.457 e. The number of hydrogen-bond donors (Lipinski definition) is 6. The first-order valence-corrected chi connectivity index (χ1v) is 18.8. The molecule has 5 aliphatic carbocycles. The second kappa shape index (κ2) is 11.3. The molecule has 6 N–H and O–H groups in total. The minimum Gasteiger partial charge on any atom is -0.457 e. The van der Waals surface area contributed by atoms with Crippen LogP contribution >= 0.6 is 0 Å². The highest BCUT2D eigenvalue weighted by atomic mass is 16.7. The van der Waals surface area contributed by atoms with Crippen molar-refractivity contribution in [2.45, 2.75) is 180 Å². The molecule has 7 rings (SSSR count). The van der Waals surface area contributed by atoms with Crippen LogP contribution < -0.4 is 0 Å². The molecule has 2 heterocycles. The van der Waals surface area contributed by atoms with Crippen LogP contribution in [-0.4, -0.2) is 110 Å². The summed E-state index contributed by atoms with van der Waals surface area (Å²) in [5.41, 5.74) is -2.40. The first-order chi connectivity index (χ1) is 22.6. The third kappa shape index (κ3) is 4.88. The molecule has 49 heavy (non-hydrogen) atoms. The molecular formula is C38H62O11. The number of fused-ring (bicyclic) bond motifs is 2. The zero-order chi connectivity index (χ0) is 35.9. The van der Waals surface area contributed by atoms with Crippen molar-refractivity contribution in [3.8, 4) is 0 Å². The minimum atomic E-state index is -1.46. The second-order valence-electron chi connectivity index (χ2n) is 19.3. The van der Waals surface area contributed by atoms with Crippen LogP contribution in [-0.2, 0) is 23.7 Å². The summed E-state index contributed by atoms with van der Waals surface area (Å²) in [6, 6.07) is 0. The molecule has 0 aromatic heterocycles. The summed E-state index contributed by atoms with van der Waals surface area (Å²) in [4.78, 5) is 11.8. The number of ether oxygens (including phenoxy) is 4. The van der Waals surface area contributed by atoms with Crippen LogP contribution in [0.15, 0.2) is 0 Å². The monoisotopic (exact) mass is 694 g/mol. The zero-order valence-corrected chi connectivity index (χ0v) is 30.7. The van der Waals surface area contributed by atoms with Crippen molar-refractivity contribution in [2.75, 3.05) is 6.61 Å². The van der Waals surface area contributed by atoms with Crippen molar-refractivity contribution in [3.63, 3.8) is 0 Å². The molecule has 0 aromatic carbocycles. The van der Waals surface area contributed by atoms with E-state index in [9.17, 15) is 35.4 Å². The van der Waals surface area contributed by atoms with Crippen LogP contribution in [0.1, 0.15) is 113 Å². The van der Waals surface area contributed by atoms with Crippen LogP contribution in [0.3, 0.4) is 0 Å². The highest BCUT2D eigenvalue weighted by Gasteiger charge is 2.85. The topological polar surface area (TPSA) is 175 Å². The first-order valence-electron chi connectivity index (χ1n) is 18.8. The third-order valence-corrected chi connectivity index (χ3v) is 16.2. The van der Waals surface area contributed by atoms with E-state index in [4.69, 9.17) is 18.9 Å². The normalized spacial score (nSPS) is 56.3. The van der Waals surface area contributed by atoms with Crippen molar-refractivity contribution >= 4 is 5.97 Å². The number of carbonyl (C=O) groups excluding carboxylic acids is 1. The molecule has 7 aliphatic rings. The molecule has 0 bridgehead atoms. The van der Waals surface area contributed by atoms with Gasteiger partial charge < -0.3 is 49.6 Å². The van der Waals surface area contributed by atoms with E-state index in [1.54, 1.807) is 13.8 Å². The van der Waals surface area contributed by atoms with Crippen LogP contribution in [0.5, 0.6) is 0 Å². The number of aliphatic hydroxyl groups excluding tert-OH is 5. The lowest BCUT2D eigenvalue weighted by Crippen LogP contribution is -2.64. The Balaban J connectivity index is 1.14. The fraction of sp³-hybridized carbons (Fsp3) is 0.974. The van der Waals surface area contributed by atoms with E-state index < -0.39 is 78.2 Å². The van der Waals surface area contributed by atoms with Gasteiger partial charge in [-0.2, -0.15) is 0 Å². The second-order valence-corrected chi connectivity index (χ2v) is 19.3. The number of rotatable bonds is 6. The molecule has 2 aliphatic heterocycles. The average molecular weight is 695 g/mol. The van der Waals surface area contributed by atoms with E-state index in [1.165, 1.54) is 6.92 Å². The van der Waals surface area contributed by atoms with E-state index >= 15 is 0 Å². The third-order valence-electron chi connectivity index (χ3n) is 16.2. The lowest BCUT2D eigenvalue weighted by atomic mass is 9.41. The van der Waals surface area contributed by atoms with Crippen LogP contribution in [0.25, 0.3) is 0 Å². The molecule has 0 radical (unpaired) electrons. The minimum absolute atomic E-state index is 0.0578. The Morgan fingerprint density at radius 3 is 2.18 bits per heavy atom. The summed E-state index contributed by atoms with van der Waals surface area (Å²) in [5.74, 6) is -0.551. The summed E-state index contributed by atoms with van der Waals surface area (Å²) in [6.45, 7) is 15.4. The Kier molecular flexibility index (Phi) is 8.42. The van der Waals surface area contributed by atoms with Gasteiger partial charge in [0.05, 0.1) is 42.2 Å². The van der Waals surface area contributed by atoms with Gasteiger partial charge in [0, 0.05) is 12.8 Å². The predicted octanol–water partition coefficient (Wildman–Crippen LogP) is 2.83. The van der Waals surface area contributed by atoms with Crippen molar-refractivity contribution in [2.24, 2.45) is 44.8 Å². The summed E-state index contributed by atoms with van der Waals surface area (Å²) in [7, 11) is 0. The predicted molar refractivity (Wildman–Crippen MR) is 177 cm³/mol. The Bertz CT molecular complexity index is 1320. The SMILES string of the molecule is CC(=O)O[C@@H]1[C@@H](O)[C@H](O[C@H]2CC[C@]34C[C@]35CC[C@]3(C)[C@@H]([C@@]6(C)CC[C@@H](C(C)(C)O)O6)[C@@H](O)C[C@@]3(C)[C@H]5C[C@H](O)[C@@H]4C2(C)C)O[C@H](CO)[C@H]1O. The van der Waals surface area contributed by atoms with Gasteiger partial charge in [-0.15, -0.1) is 0 Å². The van der Waals surface area contributed by atoms with E-state index in [0.717, 1.165) is 38.5 Å². The quantitative estimate of drug-likeness (QED) is 0.178. The van der Waals surface area contributed by atoms with Gasteiger partial charge in [0.2, 0.25) is 0 Å². The molecule has 5 saturated carbocycles. The smallest absolute Gasteiger partial charge is 0.303 e. The fourth-order valence-corrected chi connectivity index (χ4v) is 14.0. The molecular weight excluding hydrogens is 632 g/mol. The van der Waals surface area contributed by atoms with Crippen molar-refractivity contribution in [3.05, 3.63) is 0 Å². The number of hydrogen-bond acceptors (Lipinski definition) is 11. The van der Waals surface area contributed by atoms with Gasteiger partial charge in [-0.1, -0.05) is 27.7 Å². The number of aliphatic hydroxyl groups is 6. The summed E-state index contributed by atoms with van der Waals surface area (Å²) < 4.78 is 24.3. The van der Waals surface area contributed by atoms with E-state index in [-0.39, 0.29) is 45.5 Å². The molecule has 0 aromatic rings. The Morgan fingerprint density at radius 2 is 1.57 bits per heavy atom. The Morgan fingerprint density at radius 1 is 0.878 bits per heavy atom. The summed E-state index contributed by atoms with van der Waals surface area (Å²) in [6.07, 6.45) is -0.805. The van der Waals surface area contributed by atoms with Gasteiger partial charge in [-0.25, -0.2) is 0 Å². The number of esters is 1. The molecule has 17 atom stereocenters. The highest BCUT2D eigenvalue weighted by Crippen LogP contribution is 2.89. The maximum atomic E-state index is 12.3. The van der Waals surface area contributed by atoms with Crippen molar-refractivity contribution in [1.29, 1.82) is 0 Å². The fourth-order valence-electron chi connectivity index (χ4n) is 14.0. The summed E-state index contributed by atoms with van der Waals surface area (Å²) in [5, 5.41) is 66.7. The molecule has 2 spiro atoms. The Hall–Kier alpha value is -0.890. The van der Waals surface area contributed by atoms with Gasteiger partial charge in [0.25, 0.3) is 0 Å². The number of carbonyl (C=O) groups is 1. The summed E-state index contributed by atoms with van der Waals surface area (Å²) >= 11 is 0. The lowest BCUT2D eigenvalue weighted by molar-refractivity contribution is -0.330. The van der Waals surface area contributed by atoms with Gasteiger partial charge in [0.15, 0.2) is 12.4 Å². The van der Waals surface area contributed by atoms with E-state index in [1.807, 2.05) is 0 Å². The van der Waals surface area contributed by atoms with Crippen molar-refractivity contribution in [1.82, 2.24) is 0 Å². The van der Waals surface area contributed by atoms with E-state index in [2.05, 4.69) is 34.6 Å². The van der Waals surface area contributed by atoms with Crippen LogP contribution in [0.2, 0.25) is 0 Å². The molecule has 2 saturated heterocycles. The molecule has 11 heteroatoms. The lowest BCUT2D eigenvalue weighted by Gasteiger charge is -2.64. The van der Waals surface area contributed by atoms with Crippen molar-refractivity contribution < 1.29 is 54.4 Å². The highest BCUT2D eigenvalue weighted by molar-refractivity contribution is 5.66. The van der Waals surface area contributed by atoms with Gasteiger partial charge in [-0.05, 0) is 117 Å². The average Bonchev–Trinajstić information content (AvgIpc) is 3.34. The Labute approximate surface area is 291 Å². The van der Waals surface area contributed by atoms with Crippen LogP contribution in [0.4, 0.5) is 0 Å². The standard InChI is InChI=1S/C38H62O11/c1-19(40)46-28-26(43)22(17-39)47-31(27(28)44)48-24-10-12-38-18-37(38)14-13-34(6)30(36(8)11-9-25(49-36)33(4,5)45)21(42)16-35(34,7)23(37)15-20(41)29(38)32(24,2)3/h20-31,39,41-45H,9-18H2,1-8H3/t20-,21-,22+,23+,24-,25-,26+,27+,28-,29+,30-,31-,34+,35-,36+,37-,38+/m0/s1. The first kappa shape index (κ1) is 36.5.